The topological polar surface area (TPSA) is 440 Å². The molecule has 2 aromatic carbocycles. The maximum atomic E-state index is 14.7. The predicted molar refractivity (Wildman–Crippen MR) is 338 cm³/mol. The number of nitrogens with zero attached hydrogens (tertiary/aromatic N) is 3. The minimum absolute atomic E-state index is 0.00895. The number of hydrogen-bond donors (Lipinski definition) is 14. The van der Waals surface area contributed by atoms with E-state index in [9.17, 15) is 58.2 Å². The second-order valence-corrected chi connectivity index (χ2v) is 23.9. The zero-order valence-corrected chi connectivity index (χ0v) is 52.6. The van der Waals surface area contributed by atoms with Gasteiger partial charge in [-0.3, -0.25) is 62.7 Å². The van der Waals surface area contributed by atoms with E-state index in [0.717, 1.165) is 17.8 Å². The molecular weight excluding hydrogens is 1180 g/mol. The van der Waals surface area contributed by atoms with E-state index in [0.29, 0.717) is 61.8 Å². The second-order valence-electron chi connectivity index (χ2n) is 23.9. The third-order valence-electron chi connectivity index (χ3n) is 15.3. The highest BCUT2D eigenvalue weighted by molar-refractivity contribution is 5.99. The number of guanidine groups is 1. The Morgan fingerprint density at radius 2 is 1.27 bits per heavy atom. The van der Waals surface area contributed by atoms with Crippen LogP contribution in [0.2, 0.25) is 0 Å². The molecule has 3 aromatic rings. The van der Waals surface area contributed by atoms with Gasteiger partial charge in [0, 0.05) is 81.6 Å². The molecule has 496 valence electrons. The van der Waals surface area contributed by atoms with Gasteiger partial charge in [-0.1, -0.05) is 65.0 Å². The van der Waals surface area contributed by atoms with Crippen LogP contribution >= 0.6 is 0 Å². The standard InChI is InChI=1S/C61H86N14O12.C2H4O2/c1-6-11-51(78)50-15-10-25-75(50)60(87)43(14-9-23-65-61(62)63)68-54(81)44(26-34(2)3)69-55(82)45(27-35(4)5)70-56(83)46(28-36-16-18-39(77)19-17-36)72-59(86)49(33-76)74-58(85)48(30-38-32-66-41-13-8-7-12-40(38)41)73-57(84)47(29-37-22-24-64-31-37)71-53(80)42-20-21-52(79)67-42;1-2(3)4/h7-8,12-13,16-19,24,31-32,34-35,42-50,66,76-77H,6,9-11,14-15,20-23,25-30,33H2,1-5H3,(H,67,79)(H,68,81)(H,69,82)(H,70,83)(H,71,80)(H,72,86)(H,73,84)(H,74,85)(H4,62,63,65);1H3,(H,3,4). The van der Waals surface area contributed by atoms with Crippen molar-refractivity contribution in [3.05, 3.63) is 77.6 Å². The Kier molecular flexibility index (Phi) is 28.6. The quantitative estimate of drug-likeness (QED) is 0.0226. The third-order valence-corrected chi connectivity index (χ3v) is 15.3. The molecular formula is C63H90N14O14. The van der Waals surface area contributed by atoms with Crippen LogP contribution in [0.1, 0.15) is 130 Å². The summed E-state index contributed by atoms with van der Waals surface area (Å²) in [4.78, 5) is 162. The minimum atomic E-state index is -1.74. The first kappa shape index (κ1) is 72.5. The number of nitrogens with one attached hydrogen (secondary N) is 9. The molecule has 0 saturated carbocycles. The SMILES string of the molecule is CC(=O)O.CCCC(=O)C1CCCN1C(=O)C(CCCN=C(N)N)NC(=O)C(CC(C)C)NC(=O)C(CC(C)C)NC(=O)C(Cc1ccc(O)cc1)NC(=O)C(CO)NC(=O)C(Cc1c[nH]c2ccccc12)NC(=O)C(CC1=CN=CC1)NC(=O)C1CCC(=O)N1. The van der Waals surface area contributed by atoms with Gasteiger partial charge in [-0.25, -0.2) is 0 Å². The fourth-order valence-corrected chi connectivity index (χ4v) is 10.9. The first-order valence-electron chi connectivity index (χ1n) is 30.9. The summed E-state index contributed by atoms with van der Waals surface area (Å²) < 4.78 is 0. The number of carboxylic acid groups (broad SMARTS) is 1. The van der Waals surface area contributed by atoms with Gasteiger partial charge in [-0.05, 0) is 105 Å². The number of H-pyrrole nitrogens is 1. The number of aromatic amines is 1. The molecule has 4 heterocycles. The number of phenols is 1. The summed E-state index contributed by atoms with van der Waals surface area (Å²) in [6.45, 7) is 9.76. The second kappa shape index (κ2) is 35.8. The number of phenolic OH excluding ortho intramolecular Hbond substituents is 1. The number of aromatic hydroxyl groups is 1. The van der Waals surface area contributed by atoms with Crippen LogP contribution in [0.25, 0.3) is 10.9 Å². The number of carbonyl (C=O) groups is 11. The Balaban J connectivity index is 0.00000365. The molecule has 0 bridgehead atoms. The molecule has 9 unspecified atom stereocenters. The highest BCUT2D eigenvalue weighted by Gasteiger charge is 2.40. The van der Waals surface area contributed by atoms with E-state index in [1.54, 1.807) is 24.7 Å². The molecule has 2 saturated heterocycles. The van der Waals surface area contributed by atoms with Crippen LogP contribution < -0.4 is 54.0 Å². The molecule has 1 aromatic heterocycles. The van der Waals surface area contributed by atoms with Gasteiger partial charge in [0.25, 0.3) is 5.97 Å². The van der Waals surface area contributed by atoms with Crippen LogP contribution in [0.4, 0.5) is 0 Å². The lowest BCUT2D eigenvalue weighted by Gasteiger charge is -2.31. The molecule has 16 N–H and O–H groups in total. The number of nitrogens with two attached hydrogens (primary N) is 2. The Bertz CT molecular complexity index is 3140. The number of aromatic nitrogens is 1. The van der Waals surface area contributed by atoms with Crippen molar-refractivity contribution in [1.29, 1.82) is 0 Å². The Labute approximate surface area is 528 Å². The van der Waals surface area contributed by atoms with E-state index >= 15 is 0 Å². The number of aliphatic carboxylic acids is 1. The number of carboxylic acids is 1. The minimum Gasteiger partial charge on any atom is -0.508 e. The first-order valence-corrected chi connectivity index (χ1v) is 30.9. The number of Topliss-reactive ketones (excluding diaryl/α,β-unsaturated/α-hetero) is 1. The van der Waals surface area contributed by atoms with Crippen molar-refractivity contribution in [2.75, 3.05) is 19.7 Å². The number of fused-ring (bicyclic) bond motifs is 1. The zero-order chi connectivity index (χ0) is 66.9. The van der Waals surface area contributed by atoms with Crippen LogP contribution in [-0.2, 0) is 65.6 Å². The van der Waals surface area contributed by atoms with Crippen molar-refractivity contribution in [1.82, 2.24) is 52.4 Å². The first-order chi connectivity index (χ1) is 43.3. The largest absolute Gasteiger partial charge is 0.508 e. The highest BCUT2D eigenvalue weighted by Crippen LogP contribution is 2.24. The molecule has 28 nitrogen and oxygen atoms in total. The van der Waals surface area contributed by atoms with Crippen molar-refractivity contribution < 1.29 is 68.1 Å². The third kappa shape index (κ3) is 23.3. The van der Waals surface area contributed by atoms with Gasteiger partial charge in [-0.15, -0.1) is 0 Å². The molecule has 91 heavy (non-hydrogen) atoms. The van der Waals surface area contributed by atoms with E-state index in [2.05, 4.69) is 57.5 Å². The molecule has 0 spiro atoms. The van der Waals surface area contributed by atoms with Gasteiger partial charge in [0.2, 0.25) is 53.2 Å². The summed E-state index contributed by atoms with van der Waals surface area (Å²) in [6.07, 6.45) is 7.82. The number of ketones is 1. The Morgan fingerprint density at radius 1 is 0.725 bits per heavy atom. The van der Waals surface area contributed by atoms with E-state index in [1.165, 1.54) is 29.2 Å². The molecule has 0 aliphatic carbocycles. The number of carbonyl (C=O) groups excluding carboxylic acids is 10. The summed E-state index contributed by atoms with van der Waals surface area (Å²) in [7, 11) is 0. The number of likely N-dealkylation sites (tertiary alicyclic amines) is 1. The smallest absolute Gasteiger partial charge is 0.300 e. The average Bonchev–Trinajstić information content (AvgIpc) is 2.04. The normalized spacial score (nSPS) is 17.4. The van der Waals surface area contributed by atoms with Crippen molar-refractivity contribution in [2.24, 2.45) is 33.3 Å². The van der Waals surface area contributed by atoms with E-state index in [-0.39, 0.29) is 93.1 Å². The van der Waals surface area contributed by atoms with Gasteiger partial charge in [-0.2, -0.15) is 0 Å². The summed E-state index contributed by atoms with van der Waals surface area (Å²) in [5.41, 5.74) is 13.6. The molecule has 0 radical (unpaired) electrons. The van der Waals surface area contributed by atoms with Crippen molar-refractivity contribution >= 4 is 88.0 Å². The molecule has 3 aliphatic heterocycles. The molecule has 2 fully saturated rings. The molecule has 3 aliphatic rings. The van der Waals surface area contributed by atoms with Crippen molar-refractivity contribution in [2.45, 2.75) is 186 Å². The summed E-state index contributed by atoms with van der Waals surface area (Å²) >= 11 is 0. The van der Waals surface area contributed by atoms with E-state index < -0.39 is 114 Å². The summed E-state index contributed by atoms with van der Waals surface area (Å²) in [5.74, 6) is -7.90. The van der Waals surface area contributed by atoms with Gasteiger partial charge in [0.05, 0.1) is 12.6 Å². The summed E-state index contributed by atoms with van der Waals surface area (Å²) in [5, 5.41) is 50.7. The number of amides is 9. The maximum Gasteiger partial charge on any atom is 0.300 e. The number of rotatable bonds is 33. The lowest BCUT2D eigenvalue weighted by atomic mass is 9.98. The van der Waals surface area contributed by atoms with Crippen LogP contribution in [0.5, 0.6) is 5.75 Å². The number of aliphatic imine (C=N–C) groups is 2. The van der Waals surface area contributed by atoms with Crippen LogP contribution in [0.15, 0.2) is 76.5 Å². The van der Waals surface area contributed by atoms with E-state index in [4.69, 9.17) is 21.4 Å². The van der Waals surface area contributed by atoms with Crippen LogP contribution in [0.3, 0.4) is 0 Å². The van der Waals surface area contributed by atoms with Crippen molar-refractivity contribution in [3.8, 4) is 5.75 Å². The maximum absolute atomic E-state index is 14.7. The highest BCUT2D eigenvalue weighted by atomic mass is 16.4. The van der Waals surface area contributed by atoms with Crippen molar-refractivity contribution in [3.63, 3.8) is 0 Å². The Hall–Kier alpha value is -9.21. The number of para-hydroxylation sites is 1. The number of hydrogen-bond acceptors (Lipinski definition) is 15. The van der Waals surface area contributed by atoms with Gasteiger partial charge in [0.15, 0.2) is 11.7 Å². The lowest BCUT2D eigenvalue weighted by molar-refractivity contribution is -0.141. The average molecular weight is 1270 g/mol. The fraction of sp³-hybridized carbons (Fsp3) is 0.540. The van der Waals surface area contributed by atoms with Gasteiger partial charge >= 0.3 is 0 Å². The van der Waals surface area contributed by atoms with Gasteiger partial charge < -0.3 is 79.2 Å². The molecule has 9 atom stereocenters. The zero-order valence-electron chi connectivity index (χ0n) is 52.6. The van der Waals surface area contributed by atoms with Crippen LogP contribution in [0, 0.1) is 11.8 Å². The number of aliphatic hydroxyl groups is 1. The fourth-order valence-electron chi connectivity index (χ4n) is 10.9. The number of benzene rings is 2. The number of aliphatic hydroxyl groups excluding tert-OH is 1. The molecule has 28 heteroatoms. The summed E-state index contributed by atoms with van der Waals surface area (Å²) in [6, 6.07) is 1.94. The van der Waals surface area contributed by atoms with E-state index in [1.807, 2.05) is 52.8 Å². The van der Waals surface area contributed by atoms with Gasteiger partial charge in [0.1, 0.15) is 54.1 Å². The van der Waals surface area contributed by atoms with Crippen LogP contribution in [-0.4, -0.2) is 176 Å². The Morgan fingerprint density at radius 3 is 1.82 bits per heavy atom. The molecule has 6 rings (SSSR count). The molecule has 9 amide bonds. The lowest BCUT2D eigenvalue weighted by Crippen LogP contribution is -2.61. The predicted octanol–water partition coefficient (Wildman–Crippen LogP) is 0.669. The monoisotopic (exact) mass is 1270 g/mol.